The molecule has 0 fully saturated rings. The normalized spacial score (nSPS) is 11.3. The number of ether oxygens (including phenoxy) is 2. The number of nitrogens with zero attached hydrogens (tertiary/aromatic N) is 7. The molecule has 0 aliphatic heterocycles. The van der Waals surface area contributed by atoms with Crippen LogP contribution in [0.15, 0.2) is 51.8 Å². The van der Waals surface area contributed by atoms with Crippen molar-refractivity contribution in [2.75, 3.05) is 30.3 Å². The molecule has 0 atom stereocenters. The molecule has 0 unspecified atom stereocenters. The van der Waals surface area contributed by atoms with Gasteiger partial charge >= 0.3 is 5.97 Å². The molecular formula is C34H41N7O7S. The van der Waals surface area contributed by atoms with Gasteiger partial charge in [-0.3, -0.25) is 18.9 Å². The lowest BCUT2D eigenvalue weighted by Gasteiger charge is -2.23. The first-order valence-corrected chi connectivity index (χ1v) is 16.6. The predicted octanol–water partition coefficient (Wildman–Crippen LogP) is 5.94. The predicted molar refractivity (Wildman–Crippen MR) is 186 cm³/mol. The molecule has 0 amide bonds. The fourth-order valence-corrected chi connectivity index (χ4v) is 5.92. The van der Waals surface area contributed by atoms with Gasteiger partial charge in [0.15, 0.2) is 11.3 Å². The topological polar surface area (TPSA) is 150 Å². The summed E-state index contributed by atoms with van der Waals surface area (Å²) in [5, 5.41) is 19.3. The third-order valence-electron chi connectivity index (χ3n) is 8.19. The van der Waals surface area contributed by atoms with Gasteiger partial charge in [0.25, 0.3) is 5.56 Å². The van der Waals surface area contributed by atoms with Gasteiger partial charge in [-0.15, -0.1) is 0 Å². The highest BCUT2D eigenvalue weighted by molar-refractivity contribution is 7.96. The number of anilines is 2. The van der Waals surface area contributed by atoms with Gasteiger partial charge in [0, 0.05) is 38.2 Å². The number of carbonyl (C=O) groups excluding carboxylic acids is 1. The molecule has 0 saturated carbocycles. The number of unbranched alkanes of at least 4 members (excludes halogenated alkanes) is 1. The monoisotopic (exact) mass is 691 g/mol. The van der Waals surface area contributed by atoms with E-state index in [1.54, 1.807) is 29.8 Å². The van der Waals surface area contributed by atoms with Crippen LogP contribution < -0.4 is 15.1 Å². The first-order valence-electron chi connectivity index (χ1n) is 15.9. The van der Waals surface area contributed by atoms with Crippen molar-refractivity contribution in [1.82, 2.24) is 24.5 Å². The lowest BCUT2D eigenvalue weighted by molar-refractivity contribution is 0.0594. The maximum atomic E-state index is 14.0. The quantitative estimate of drug-likeness (QED) is 0.0597. The molecule has 15 heteroatoms. The van der Waals surface area contributed by atoms with E-state index in [4.69, 9.17) is 23.3 Å². The van der Waals surface area contributed by atoms with E-state index in [-0.39, 0.29) is 29.0 Å². The lowest BCUT2D eigenvalue weighted by Crippen LogP contribution is -2.27. The van der Waals surface area contributed by atoms with E-state index in [9.17, 15) is 14.8 Å². The molecule has 0 aliphatic carbocycles. The van der Waals surface area contributed by atoms with Gasteiger partial charge in [-0.1, -0.05) is 60.1 Å². The smallest absolute Gasteiger partial charge is 0.359 e. The van der Waals surface area contributed by atoms with Crippen LogP contribution >= 0.6 is 12.2 Å². The number of hydrogen-bond donors (Lipinski definition) is 1. The van der Waals surface area contributed by atoms with Gasteiger partial charge in [0.05, 0.1) is 25.9 Å². The number of rotatable bonds is 15. The number of para-hydroxylation sites is 1. The zero-order valence-electron chi connectivity index (χ0n) is 28.7. The Morgan fingerprint density at radius 3 is 2.59 bits per heavy atom. The molecular weight excluding hydrogens is 650 g/mol. The summed E-state index contributed by atoms with van der Waals surface area (Å²) < 4.78 is 26.3. The van der Waals surface area contributed by atoms with Crippen molar-refractivity contribution in [3.8, 4) is 11.1 Å². The average molecular weight is 692 g/mol. The molecule has 3 heterocycles. The summed E-state index contributed by atoms with van der Waals surface area (Å²) in [6, 6.07) is 13.8. The second kappa shape index (κ2) is 15.7. The Balaban J connectivity index is 1.50. The Morgan fingerprint density at radius 1 is 1.12 bits per heavy atom. The van der Waals surface area contributed by atoms with E-state index in [0.29, 0.717) is 47.7 Å². The maximum Gasteiger partial charge on any atom is 0.359 e. The number of fused-ring (bicyclic) bond motifs is 1. The minimum atomic E-state index is -0.692. The van der Waals surface area contributed by atoms with E-state index < -0.39 is 5.97 Å². The first-order chi connectivity index (χ1) is 23.6. The van der Waals surface area contributed by atoms with Gasteiger partial charge < -0.3 is 14.0 Å². The van der Waals surface area contributed by atoms with Crippen LogP contribution in [0.4, 0.5) is 11.5 Å². The van der Waals surface area contributed by atoms with Crippen LogP contribution in [-0.2, 0) is 40.4 Å². The SMILES string of the molecule is CCCCc1nc2c(c(C(=O)OC)nn2C)c(=O)n1Cc1ccc(-c2ccccc2N(C)SON(O)c2noc(C)c2C)c(COCC)c1. The van der Waals surface area contributed by atoms with Crippen molar-refractivity contribution >= 4 is 40.7 Å². The van der Waals surface area contributed by atoms with Crippen molar-refractivity contribution in [3.63, 3.8) is 0 Å². The summed E-state index contributed by atoms with van der Waals surface area (Å²) in [4.78, 5) is 31.4. The van der Waals surface area contributed by atoms with Crippen LogP contribution in [0.2, 0.25) is 0 Å². The summed E-state index contributed by atoms with van der Waals surface area (Å²) >= 11 is 0.916. The van der Waals surface area contributed by atoms with E-state index >= 15 is 0 Å². The third-order valence-corrected chi connectivity index (χ3v) is 8.82. The Bertz CT molecular complexity index is 2000. The Morgan fingerprint density at radius 2 is 1.90 bits per heavy atom. The summed E-state index contributed by atoms with van der Waals surface area (Å²) in [5.74, 6) is 0.668. The van der Waals surface area contributed by atoms with Crippen LogP contribution in [0.25, 0.3) is 22.2 Å². The number of benzene rings is 2. The summed E-state index contributed by atoms with van der Waals surface area (Å²) in [6.45, 7) is 8.62. The largest absolute Gasteiger partial charge is 0.464 e. The highest BCUT2D eigenvalue weighted by atomic mass is 32.2. The number of hydrogen-bond acceptors (Lipinski definition) is 13. The molecule has 260 valence electrons. The highest BCUT2D eigenvalue weighted by Crippen LogP contribution is 2.37. The van der Waals surface area contributed by atoms with Gasteiger partial charge in [0.2, 0.25) is 5.82 Å². The first kappa shape index (κ1) is 35.6. The molecule has 5 aromatic rings. The Kier molecular flexibility index (Phi) is 11.4. The van der Waals surface area contributed by atoms with Crippen LogP contribution in [0.1, 0.15) is 65.5 Å². The fraction of sp³-hybridized carbons (Fsp3) is 0.382. The van der Waals surface area contributed by atoms with Crippen LogP contribution in [-0.4, -0.2) is 56.4 Å². The van der Waals surface area contributed by atoms with Crippen LogP contribution in [0.5, 0.6) is 0 Å². The molecule has 5 rings (SSSR count). The molecule has 0 bridgehead atoms. The van der Waals surface area contributed by atoms with E-state index in [2.05, 4.69) is 17.2 Å². The highest BCUT2D eigenvalue weighted by Gasteiger charge is 2.24. The van der Waals surface area contributed by atoms with E-state index in [0.717, 1.165) is 53.0 Å². The number of esters is 1. The lowest BCUT2D eigenvalue weighted by atomic mass is 9.96. The van der Waals surface area contributed by atoms with Crippen molar-refractivity contribution < 1.29 is 28.3 Å². The van der Waals surface area contributed by atoms with Gasteiger partial charge in [0.1, 0.15) is 29.2 Å². The molecule has 0 aliphatic rings. The Hall–Kier alpha value is -4.70. The molecule has 3 aromatic heterocycles. The summed E-state index contributed by atoms with van der Waals surface area (Å²) in [7, 11) is 4.74. The van der Waals surface area contributed by atoms with Crippen LogP contribution in [0.3, 0.4) is 0 Å². The summed E-state index contributed by atoms with van der Waals surface area (Å²) in [5.41, 5.74) is 5.03. The minimum Gasteiger partial charge on any atom is -0.464 e. The summed E-state index contributed by atoms with van der Waals surface area (Å²) in [6.07, 6.45) is 2.35. The second-order valence-electron chi connectivity index (χ2n) is 11.4. The minimum absolute atomic E-state index is 0.0566. The van der Waals surface area contributed by atoms with E-state index in [1.807, 2.05) is 56.4 Å². The number of carbonyl (C=O) groups is 1. The van der Waals surface area contributed by atoms with Crippen molar-refractivity contribution in [3.05, 3.63) is 86.8 Å². The standard InChI is InChI=1S/C34H41N7O7S/c1-8-10-15-28-35-32-29(30(34(43)45-7)36-38(32)5)33(42)40(28)19-23-16-17-25(24(18-23)20-46-9-2)26-13-11-12-14-27(26)39(6)49-48-41(44)31-21(3)22(4)47-37-31/h11-14,16-18,44H,8-10,15,19-20H2,1-7H3. The molecule has 0 radical (unpaired) electrons. The molecule has 1 N–H and O–H groups in total. The maximum absolute atomic E-state index is 14.0. The van der Waals surface area contributed by atoms with Gasteiger partial charge in [-0.05, 0) is 49.9 Å². The Labute approximate surface area is 288 Å². The molecule has 14 nitrogen and oxygen atoms in total. The fourth-order valence-electron chi connectivity index (χ4n) is 5.44. The van der Waals surface area contributed by atoms with Gasteiger partial charge in [-0.2, -0.15) is 9.38 Å². The zero-order valence-corrected chi connectivity index (χ0v) is 29.5. The van der Waals surface area contributed by atoms with Crippen LogP contribution in [0, 0.1) is 13.8 Å². The van der Waals surface area contributed by atoms with E-state index in [1.165, 1.54) is 11.8 Å². The number of aryl methyl sites for hydroxylation is 3. The number of methoxy groups -OCH3 is 1. The molecule has 0 saturated heterocycles. The van der Waals surface area contributed by atoms with Gasteiger partial charge in [-0.25, -0.2) is 14.5 Å². The second-order valence-corrected chi connectivity index (χ2v) is 12.3. The average Bonchev–Trinajstić information content (AvgIpc) is 3.63. The van der Waals surface area contributed by atoms with Crippen molar-refractivity contribution in [2.45, 2.75) is 60.1 Å². The third kappa shape index (κ3) is 7.49. The zero-order chi connectivity index (χ0) is 35.2. The molecule has 0 spiro atoms. The molecule has 2 aromatic carbocycles. The number of aromatic nitrogens is 5. The van der Waals surface area contributed by atoms with Crippen molar-refractivity contribution in [1.29, 1.82) is 0 Å². The van der Waals surface area contributed by atoms with Crippen molar-refractivity contribution in [2.24, 2.45) is 7.05 Å². The molecule has 49 heavy (non-hydrogen) atoms.